The molecule has 1 aromatic carbocycles. The first-order chi connectivity index (χ1) is 7.58. The lowest BCUT2D eigenvalue weighted by atomic mass is 9.83. The minimum Gasteiger partial charge on any atom is -0.205 e. The lowest BCUT2D eigenvalue weighted by molar-refractivity contribution is 0.367. The second kappa shape index (κ2) is 6.36. The van der Waals surface area contributed by atoms with Gasteiger partial charge in [0.05, 0.1) is 5.02 Å². The van der Waals surface area contributed by atoms with Crippen molar-refractivity contribution in [2.75, 3.05) is 10.7 Å². The topological polar surface area (TPSA) is 0 Å². The zero-order valence-electron chi connectivity index (χ0n) is 9.07. The van der Waals surface area contributed by atoms with Crippen LogP contribution in [0.1, 0.15) is 18.9 Å². The largest absolute Gasteiger partial charge is 0.205 e. The van der Waals surface area contributed by atoms with Gasteiger partial charge in [-0.05, 0) is 29.9 Å². The van der Waals surface area contributed by atoms with E-state index in [4.69, 9.17) is 11.6 Å². The third-order valence-electron chi connectivity index (χ3n) is 2.91. The standard InChI is InChI=1S/C12H14Br2ClF/c1-2-12(7-13,8-14)6-9-4-3-5-10(15)11(9)16/h3-5H,2,6-8H2,1H3. The number of halogens is 4. The Labute approximate surface area is 118 Å². The van der Waals surface area contributed by atoms with Crippen molar-refractivity contribution >= 4 is 43.5 Å². The van der Waals surface area contributed by atoms with Gasteiger partial charge in [0.15, 0.2) is 0 Å². The molecule has 0 saturated carbocycles. The Morgan fingerprint density at radius 2 is 1.94 bits per heavy atom. The minimum atomic E-state index is -0.288. The second-order valence-corrected chi connectivity index (χ2v) is 5.54. The van der Waals surface area contributed by atoms with E-state index in [0.717, 1.165) is 17.1 Å². The molecule has 0 amide bonds. The highest BCUT2D eigenvalue weighted by atomic mass is 79.9. The van der Waals surface area contributed by atoms with E-state index in [2.05, 4.69) is 38.8 Å². The molecule has 4 heteroatoms. The average Bonchev–Trinajstić information content (AvgIpc) is 2.32. The van der Waals surface area contributed by atoms with E-state index in [1.165, 1.54) is 0 Å². The predicted octanol–water partition coefficient (Wildman–Crippen LogP) is 5.21. The smallest absolute Gasteiger partial charge is 0.144 e. The summed E-state index contributed by atoms with van der Waals surface area (Å²) >= 11 is 12.8. The summed E-state index contributed by atoms with van der Waals surface area (Å²) in [4.78, 5) is 0. The lowest BCUT2D eigenvalue weighted by Gasteiger charge is -2.28. The van der Waals surface area contributed by atoms with Gasteiger partial charge in [-0.15, -0.1) is 0 Å². The average molecular weight is 373 g/mol. The maximum Gasteiger partial charge on any atom is 0.144 e. The van der Waals surface area contributed by atoms with Gasteiger partial charge in [-0.25, -0.2) is 4.39 Å². The summed E-state index contributed by atoms with van der Waals surface area (Å²) in [6, 6.07) is 5.18. The van der Waals surface area contributed by atoms with Crippen LogP contribution in [0, 0.1) is 11.2 Å². The van der Waals surface area contributed by atoms with Gasteiger partial charge in [-0.3, -0.25) is 0 Å². The summed E-state index contributed by atoms with van der Waals surface area (Å²) in [5.74, 6) is -0.288. The van der Waals surface area contributed by atoms with Crippen LogP contribution in [0.2, 0.25) is 5.02 Å². The van der Waals surface area contributed by atoms with E-state index < -0.39 is 0 Å². The van der Waals surface area contributed by atoms with Gasteiger partial charge in [-0.1, -0.05) is 62.5 Å². The molecule has 90 valence electrons. The van der Waals surface area contributed by atoms with Crippen LogP contribution in [0.5, 0.6) is 0 Å². The van der Waals surface area contributed by atoms with Crippen LogP contribution >= 0.6 is 43.5 Å². The van der Waals surface area contributed by atoms with Gasteiger partial charge in [-0.2, -0.15) is 0 Å². The molecule has 0 N–H and O–H groups in total. The summed E-state index contributed by atoms with van der Waals surface area (Å²) in [5, 5.41) is 1.88. The number of hydrogen-bond acceptors (Lipinski definition) is 0. The van der Waals surface area contributed by atoms with Crippen molar-refractivity contribution in [2.24, 2.45) is 5.41 Å². The Balaban J connectivity index is 2.98. The van der Waals surface area contributed by atoms with Gasteiger partial charge in [0.1, 0.15) is 5.82 Å². The Morgan fingerprint density at radius 1 is 1.31 bits per heavy atom. The Bertz CT molecular complexity index is 343. The third kappa shape index (κ3) is 3.21. The highest BCUT2D eigenvalue weighted by Crippen LogP contribution is 2.33. The molecule has 0 aliphatic rings. The Hall–Kier alpha value is 0.400. The van der Waals surface area contributed by atoms with Gasteiger partial charge >= 0.3 is 0 Å². The summed E-state index contributed by atoms with van der Waals surface area (Å²) in [6.45, 7) is 2.12. The van der Waals surface area contributed by atoms with Gasteiger partial charge in [0.2, 0.25) is 0 Å². The molecule has 0 saturated heterocycles. The first-order valence-corrected chi connectivity index (χ1v) is 7.75. The molecule has 0 nitrogen and oxygen atoms in total. The van der Waals surface area contributed by atoms with Crippen LogP contribution in [-0.2, 0) is 6.42 Å². The minimum absolute atomic E-state index is 0.0471. The molecule has 0 bridgehead atoms. The van der Waals surface area contributed by atoms with Crippen molar-refractivity contribution < 1.29 is 4.39 Å². The molecule has 16 heavy (non-hydrogen) atoms. The van der Waals surface area contributed by atoms with E-state index in [1.807, 2.05) is 0 Å². The van der Waals surface area contributed by atoms with Crippen LogP contribution < -0.4 is 0 Å². The van der Waals surface area contributed by atoms with Crippen molar-refractivity contribution in [3.63, 3.8) is 0 Å². The number of hydrogen-bond donors (Lipinski definition) is 0. The fraction of sp³-hybridized carbons (Fsp3) is 0.500. The fourth-order valence-electron chi connectivity index (χ4n) is 1.53. The lowest BCUT2D eigenvalue weighted by Crippen LogP contribution is -2.27. The zero-order valence-corrected chi connectivity index (χ0v) is 13.0. The van der Waals surface area contributed by atoms with Crippen LogP contribution in [0.4, 0.5) is 4.39 Å². The normalized spacial score (nSPS) is 11.8. The van der Waals surface area contributed by atoms with Crippen molar-refractivity contribution in [2.45, 2.75) is 19.8 Å². The van der Waals surface area contributed by atoms with Crippen molar-refractivity contribution in [3.8, 4) is 0 Å². The van der Waals surface area contributed by atoms with E-state index in [0.29, 0.717) is 12.0 Å². The molecular formula is C12H14Br2ClF. The summed E-state index contributed by atoms with van der Waals surface area (Å²) in [7, 11) is 0. The van der Waals surface area contributed by atoms with Crippen molar-refractivity contribution in [1.82, 2.24) is 0 Å². The fourth-order valence-corrected chi connectivity index (χ4v) is 3.85. The maximum atomic E-state index is 13.8. The quantitative estimate of drug-likeness (QED) is 0.623. The highest BCUT2D eigenvalue weighted by Gasteiger charge is 2.27. The van der Waals surface area contributed by atoms with E-state index in [-0.39, 0.29) is 16.3 Å². The molecule has 0 aliphatic carbocycles. The summed E-state index contributed by atoms with van der Waals surface area (Å²) in [5.41, 5.74) is 0.735. The number of alkyl halides is 2. The maximum absolute atomic E-state index is 13.8. The summed E-state index contributed by atoms with van der Waals surface area (Å²) in [6.07, 6.45) is 1.67. The predicted molar refractivity (Wildman–Crippen MR) is 75.4 cm³/mol. The molecule has 0 aliphatic heterocycles. The Kier molecular flexibility index (Phi) is 5.75. The second-order valence-electron chi connectivity index (χ2n) is 4.01. The molecule has 0 spiro atoms. The molecule has 1 aromatic rings. The van der Waals surface area contributed by atoms with Gasteiger partial charge < -0.3 is 0 Å². The molecular weight excluding hydrogens is 358 g/mol. The molecule has 0 unspecified atom stereocenters. The van der Waals surface area contributed by atoms with Crippen molar-refractivity contribution in [3.05, 3.63) is 34.6 Å². The molecule has 1 rings (SSSR count). The van der Waals surface area contributed by atoms with Crippen LogP contribution in [0.3, 0.4) is 0 Å². The SMILES string of the molecule is CCC(CBr)(CBr)Cc1cccc(Cl)c1F. The summed E-state index contributed by atoms with van der Waals surface area (Å²) < 4.78 is 13.8. The first-order valence-electron chi connectivity index (χ1n) is 5.13. The van der Waals surface area contributed by atoms with Crippen LogP contribution in [0.25, 0.3) is 0 Å². The van der Waals surface area contributed by atoms with Crippen molar-refractivity contribution in [1.29, 1.82) is 0 Å². The highest BCUT2D eigenvalue weighted by molar-refractivity contribution is 9.09. The van der Waals surface area contributed by atoms with Crippen LogP contribution in [-0.4, -0.2) is 10.7 Å². The van der Waals surface area contributed by atoms with E-state index in [9.17, 15) is 4.39 Å². The number of rotatable bonds is 5. The zero-order chi connectivity index (χ0) is 12.2. The third-order valence-corrected chi connectivity index (χ3v) is 5.58. The number of benzene rings is 1. The molecule has 0 radical (unpaired) electrons. The van der Waals surface area contributed by atoms with E-state index in [1.54, 1.807) is 18.2 Å². The Morgan fingerprint density at radius 3 is 2.44 bits per heavy atom. The van der Waals surface area contributed by atoms with Gasteiger partial charge in [0, 0.05) is 10.7 Å². The molecule has 0 fully saturated rings. The van der Waals surface area contributed by atoms with E-state index >= 15 is 0 Å². The molecule has 0 heterocycles. The van der Waals surface area contributed by atoms with Gasteiger partial charge in [0.25, 0.3) is 0 Å². The first kappa shape index (κ1) is 14.5. The molecule has 0 atom stereocenters. The monoisotopic (exact) mass is 370 g/mol. The van der Waals surface area contributed by atoms with Crippen LogP contribution in [0.15, 0.2) is 18.2 Å². The molecule has 0 aromatic heterocycles.